The zero-order chi connectivity index (χ0) is 15.6. The van der Waals surface area contributed by atoms with Gasteiger partial charge in [-0.25, -0.2) is 9.59 Å². The number of amides is 2. The molecule has 2 amide bonds. The zero-order valence-electron chi connectivity index (χ0n) is 11.6. The Kier molecular flexibility index (Phi) is 4.53. The van der Waals surface area contributed by atoms with E-state index in [4.69, 9.17) is 5.11 Å². The van der Waals surface area contributed by atoms with E-state index in [1.54, 1.807) is 17.9 Å². The lowest BCUT2D eigenvalue weighted by Gasteiger charge is -2.35. The van der Waals surface area contributed by atoms with Gasteiger partial charge in [0.25, 0.3) is 0 Å². The number of carboxylic acids is 1. The molecule has 114 valence electrons. The lowest BCUT2D eigenvalue weighted by Crippen LogP contribution is -2.46. The molecule has 0 atom stereocenters. The zero-order valence-corrected chi connectivity index (χ0v) is 13.2. The number of nitrogens with one attached hydrogen (secondary N) is 1. The first-order chi connectivity index (χ1) is 9.77. The summed E-state index contributed by atoms with van der Waals surface area (Å²) >= 11 is 3.22. The SMILES string of the molecule is CC1(O)CCN(C(=O)Nc2cc(Br)cc(C(=O)O)c2)CC1. The summed E-state index contributed by atoms with van der Waals surface area (Å²) in [4.78, 5) is 24.7. The smallest absolute Gasteiger partial charge is 0.335 e. The van der Waals surface area contributed by atoms with Crippen molar-refractivity contribution in [2.75, 3.05) is 18.4 Å². The lowest BCUT2D eigenvalue weighted by molar-refractivity contribution is 0.00569. The third-order valence-electron chi connectivity index (χ3n) is 3.52. The number of halogens is 1. The molecule has 6 nitrogen and oxygen atoms in total. The molecule has 2 rings (SSSR count). The Morgan fingerprint density at radius 1 is 1.29 bits per heavy atom. The summed E-state index contributed by atoms with van der Waals surface area (Å²) in [6.45, 7) is 2.70. The monoisotopic (exact) mass is 356 g/mol. The van der Waals surface area contributed by atoms with Crippen molar-refractivity contribution in [3.05, 3.63) is 28.2 Å². The predicted molar refractivity (Wildman–Crippen MR) is 81.6 cm³/mol. The average Bonchev–Trinajstić information content (AvgIpc) is 2.37. The first kappa shape index (κ1) is 15.8. The molecule has 0 aliphatic carbocycles. The lowest BCUT2D eigenvalue weighted by atomic mass is 9.94. The Bertz CT molecular complexity index is 564. The summed E-state index contributed by atoms with van der Waals surface area (Å²) < 4.78 is 0.583. The number of likely N-dealkylation sites (tertiary alicyclic amines) is 1. The van der Waals surface area contributed by atoms with E-state index in [1.807, 2.05) is 0 Å². The normalized spacial score (nSPS) is 17.4. The number of hydrogen-bond acceptors (Lipinski definition) is 3. The second-order valence-electron chi connectivity index (χ2n) is 5.45. The van der Waals surface area contributed by atoms with Crippen LogP contribution in [-0.2, 0) is 0 Å². The summed E-state index contributed by atoms with van der Waals surface area (Å²) in [5.41, 5.74) is -0.200. The van der Waals surface area contributed by atoms with Gasteiger partial charge in [0.15, 0.2) is 0 Å². The van der Waals surface area contributed by atoms with Crippen molar-refractivity contribution in [2.24, 2.45) is 0 Å². The number of rotatable bonds is 2. The second kappa shape index (κ2) is 6.03. The van der Waals surface area contributed by atoms with Gasteiger partial charge in [0.2, 0.25) is 0 Å². The Hall–Kier alpha value is -1.60. The third kappa shape index (κ3) is 4.18. The highest BCUT2D eigenvalue weighted by molar-refractivity contribution is 9.10. The highest BCUT2D eigenvalue weighted by Crippen LogP contribution is 2.23. The number of nitrogens with zero attached hydrogens (tertiary/aromatic N) is 1. The van der Waals surface area contributed by atoms with Crippen LogP contribution in [0.25, 0.3) is 0 Å². The molecule has 1 aliphatic rings. The van der Waals surface area contributed by atoms with Gasteiger partial charge >= 0.3 is 12.0 Å². The van der Waals surface area contributed by atoms with Crippen LogP contribution in [0.15, 0.2) is 22.7 Å². The van der Waals surface area contributed by atoms with Crippen LogP contribution in [0.3, 0.4) is 0 Å². The van der Waals surface area contributed by atoms with Crippen molar-refractivity contribution in [1.29, 1.82) is 0 Å². The standard InChI is InChI=1S/C14H17BrN2O4/c1-14(21)2-4-17(5-3-14)13(20)16-11-7-9(12(18)19)6-10(15)8-11/h6-8,21H,2-5H2,1H3,(H,16,20)(H,18,19). The van der Waals surface area contributed by atoms with Crippen molar-refractivity contribution in [2.45, 2.75) is 25.4 Å². The molecule has 1 saturated heterocycles. The molecule has 0 saturated carbocycles. The first-order valence-corrected chi connectivity index (χ1v) is 7.38. The molecular weight excluding hydrogens is 340 g/mol. The van der Waals surface area contributed by atoms with Crippen molar-refractivity contribution >= 4 is 33.6 Å². The van der Waals surface area contributed by atoms with Gasteiger partial charge in [-0.1, -0.05) is 15.9 Å². The highest BCUT2D eigenvalue weighted by atomic mass is 79.9. The maximum absolute atomic E-state index is 12.1. The molecule has 1 aliphatic heterocycles. The number of piperidine rings is 1. The Morgan fingerprint density at radius 2 is 1.90 bits per heavy atom. The van der Waals surface area contributed by atoms with Crippen LogP contribution in [0.5, 0.6) is 0 Å². The highest BCUT2D eigenvalue weighted by Gasteiger charge is 2.29. The van der Waals surface area contributed by atoms with Gasteiger partial charge in [-0.3, -0.25) is 0 Å². The van der Waals surface area contributed by atoms with Crippen molar-refractivity contribution < 1.29 is 19.8 Å². The number of carbonyl (C=O) groups excluding carboxylic acids is 1. The van der Waals surface area contributed by atoms with Crippen LogP contribution in [0, 0.1) is 0 Å². The Morgan fingerprint density at radius 3 is 2.48 bits per heavy atom. The van der Waals surface area contributed by atoms with E-state index < -0.39 is 11.6 Å². The number of benzene rings is 1. The van der Waals surface area contributed by atoms with Gasteiger partial charge in [-0.05, 0) is 38.0 Å². The topological polar surface area (TPSA) is 89.9 Å². The maximum atomic E-state index is 12.1. The summed E-state index contributed by atoms with van der Waals surface area (Å²) in [5.74, 6) is -1.05. The molecule has 7 heteroatoms. The summed E-state index contributed by atoms with van der Waals surface area (Å²) in [5, 5.41) is 21.6. The van der Waals surface area contributed by atoms with Crippen molar-refractivity contribution in [3.63, 3.8) is 0 Å². The maximum Gasteiger partial charge on any atom is 0.335 e. The van der Waals surface area contributed by atoms with E-state index in [-0.39, 0.29) is 11.6 Å². The number of anilines is 1. The fraction of sp³-hybridized carbons (Fsp3) is 0.429. The van der Waals surface area contributed by atoms with Crippen LogP contribution >= 0.6 is 15.9 Å². The fourth-order valence-corrected chi connectivity index (χ4v) is 2.67. The van der Waals surface area contributed by atoms with E-state index in [0.29, 0.717) is 36.1 Å². The molecule has 21 heavy (non-hydrogen) atoms. The minimum absolute atomic E-state index is 0.0984. The predicted octanol–water partition coefficient (Wildman–Crippen LogP) is 2.53. The van der Waals surface area contributed by atoms with Gasteiger partial charge in [-0.2, -0.15) is 0 Å². The molecule has 1 fully saturated rings. The van der Waals surface area contributed by atoms with E-state index >= 15 is 0 Å². The Balaban J connectivity index is 2.05. The number of carboxylic acid groups (broad SMARTS) is 1. The molecule has 0 spiro atoms. The molecule has 1 aromatic rings. The van der Waals surface area contributed by atoms with E-state index in [2.05, 4.69) is 21.2 Å². The number of aromatic carboxylic acids is 1. The summed E-state index contributed by atoms with van der Waals surface area (Å²) in [6, 6.07) is 4.23. The van der Waals surface area contributed by atoms with E-state index in [9.17, 15) is 14.7 Å². The van der Waals surface area contributed by atoms with Crippen LogP contribution in [0.4, 0.5) is 10.5 Å². The van der Waals surface area contributed by atoms with Gasteiger partial charge in [0.05, 0.1) is 11.2 Å². The van der Waals surface area contributed by atoms with Gasteiger partial charge in [0, 0.05) is 23.2 Å². The molecule has 3 N–H and O–H groups in total. The van der Waals surface area contributed by atoms with Crippen LogP contribution in [0.2, 0.25) is 0 Å². The Labute approximate surface area is 130 Å². The number of carbonyl (C=O) groups is 2. The van der Waals surface area contributed by atoms with Crippen LogP contribution < -0.4 is 5.32 Å². The molecule has 1 heterocycles. The van der Waals surface area contributed by atoms with E-state index in [0.717, 1.165) is 0 Å². The van der Waals surface area contributed by atoms with Gasteiger partial charge in [-0.15, -0.1) is 0 Å². The quantitative estimate of drug-likeness (QED) is 0.759. The molecular formula is C14H17BrN2O4. The average molecular weight is 357 g/mol. The first-order valence-electron chi connectivity index (χ1n) is 6.59. The minimum atomic E-state index is -1.05. The van der Waals surface area contributed by atoms with Gasteiger partial charge < -0.3 is 20.4 Å². The number of hydrogen-bond donors (Lipinski definition) is 3. The molecule has 0 radical (unpaired) electrons. The molecule has 0 aromatic heterocycles. The van der Waals surface area contributed by atoms with Crippen molar-refractivity contribution in [3.8, 4) is 0 Å². The minimum Gasteiger partial charge on any atom is -0.478 e. The summed E-state index contributed by atoms with van der Waals surface area (Å²) in [7, 11) is 0. The third-order valence-corrected chi connectivity index (χ3v) is 3.98. The van der Waals surface area contributed by atoms with Crippen LogP contribution in [0.1, 0.15) is 30.1 Å². The number of aliphatic hydroxyl groups is 1. The van der Waals surface area contributed by atoms with Crippen LogP contribution in [-0.4, -0.2) is 45.8 Å². The number of urea groups is 1. The van der Waals surface area contributed by atoms with Gasteiger partial charge in [0.1, 0.15) is 0 Å². The largest absolute Gasteiger partial charge is 0.478 e. The van der Waals surface area contributed by atoms with E-state index in [1.165, 1.54) is 12.1 Å². The molecule has 0 bridgehead atoms. The molecule has 0 unspecified atom stereocenters. The van der Waals surface area contributed by atoms with Crippen molar-refractivity contribution in [1.82, 2.24) is 4.90 Å². The fourth-order valence-electron chi connectivity index (χ4n) is 2.18. The molecule has 1 aromatic carbocycles. The summed E-state index contributed by atoms with van der Waals surface area (Å²) in [6.07, 6.45) is 1.05. The second-order valence-corrected chi connectivity index (χ2v) is 6.36.